The number of hydrogen-bond acceptors (Lipinski definition) is 4. The number of carbonyl (C=O) groups excluding carboxylic acids is 1. The monoisotopic (exact) mass is 340 g/mol. The molecule has 2 heterocycles. The Kier molecular flexibility index (Phi) is 4.47. The minimum Gasteiger partial charge on any atom is -0.497 e. The summed E-state index contributed by atoms with van der Waals surface area (Å²) in [5.74, 6) is 2.77. The lowest BCUT2D eigenvalue weighted by molar-refractivity contribution is 0.0707. The van der Waals surface area contributed by atoms with Crippen LogP contribution in [0.5, 0.6) is 5.75 Å². The molecular formula is C20H24N2O3. The summed E-state index contributed by atoms with van der Waals surface area (Å²) in [6, 6.07) is 8.24. The van der Waals surface area contributed by atoms with Crippen LogP contribution in [0.25, 0.3) is 0 Å². The van der Waals surface area contributed by atoms with Crippen LogP contribution in [0.15, 0.2) is 34.9 Å². The number of hydrogen-bond donors (Lipinski definition) is 0. The number of nitrogens with zero attached hydrogens (tertiary/aromatic N) is 2. The van der Waals surface area contributed by atoms with Gasteiger partial charge in [-0.3, -0.25) is 4.79 Å². The van der Waals surface area contributed by atoms with Crippen molar-refractivity contribution < 1.29 is 13.9 Å². The first-order valence-corrected chi connectivity index (χ1v) is 9.10. The zero-order valence-corrected chi connectivity index (χ0v) is 14.6. The van der Waals surface area contributed by atoms with Crippen LogP contribution in [0.2, 0.25) is 0 Å². The third-order valence-corrected chi connectivity index (χ3v) is 5.28. The van der Waals surface area contributed by atoms with Crippen molar-refractivity contribution in [2.75, 3.05) is 20.2 Å². The fourth-order valence-corrected chi connectivity index (χ4v) is 3.55. The van der Waals surface area contributed by atoms with E-state index < -0.39 is 0 Å². The fourth-order valence-electron chi connectivity index (χ4n) is 3.55. The zero-order valence-electron chi connectivity index (χ0n) is 14.6. The topological polar surface area (TPSA) is 55.6 Å². The van der Waals surface area contributed by atoms with Crippen LogP contribution in [0.4, 0.5) is 0 Å². The fraction of sp³-hybridized carbons (Fsp3) is 0.500. The Morgan fingerprint density at radius 2 is 2.08 bits per heavy atom. The van der Waals surface area contributed by atoms with E-state index in [-0.39, 0.29) is 5.91 Å². The Labute approximate surface area is 148 Å². The molecule has 132 valence electrons. The van der Waals surface area contributed by atoms with Crippen LogP contribution < -0.4 is 4.74 Å². The molecule has 5 heteroatoms. The van der Waals surface area contributed by atoms with E-state index in [0.29, 0.717) is 23.4 Å². The second-order valence-electron chi connectivity index (χ2n) is 7.12. The highest BCUT2D eigenvalue weighted by molar-refractivity contribution is 5.92. The average Bonchev–Trinajstić information content (AvgIpc) is 3.36. The molecular weight excluding hydrogens is 316 g/mol. The van der Waals surface area contributed by atoms with Crippen molar-refractivity contribution in [3.05, 3.63) is 47.7 Å². The van der Waals surface area contributed by atoms with Crippen molar-refractivity contribution in [2.24, 2.45) is 5.92 Å². The molecule has 5 nitrogen and oxygen atoms in total. The van der Waals surface area contributed by atoms with Crippen LogP contribution in [-0.2, 0) is 6.42 Å². The molecule has 0 bridgehead atoms. The molecule has 2 aromatic rings. The largest absolute Gasteiger partial charge is 0.497 e. The first kappa shape index (κ1) is 16.2. The Hall–Kier alpha value is -2.30. The van der Waals surface area contributed by atoms with Gasteiger partial charge in [-0.25, -0.2) is 4.98 Å². The molecule has 2 aliphatic rings. The summed E-state index contributed by atoms with van der Waals surface area (Å²) >= 11 is 0. The highest BCUT2D eigenvalue weighted by Gasteiger charge is 2.28. The smallest absolute Gasteiger partial charge is 0.275 e. The number of ether oxygens (including phenoxy) is 1. The molecule has 1 aromatic carbocycles. The number of piperidine rings is 1. The molecule has 1 saturated carbocycles. The summed E-state index contributed by atoms with van der Waals surface area (Å²) < 4.78 is 10.8. The predicted molar refractivity (Wildman–Crippen MR) is 93.8 cm³/mol. The van der Waals surface area contributed by atoms with Gasteiger partial charge in [0.05, 0.1) is 7.11 Å². The number of aromatic nitrogens is 1. The number of oxazole rings is 1. The van der Waals surface area contributed by atoms with Gasteiger partial charge in [0.1, 0.15) is 12.0 Å². The number of amides is 1. The molecule has 4 rings (SSSR count). The van der Waals surface area contributed by atoms with Crippen molar-refractivity contribution in [2.45, 2.75) is 38.0 Å². The summed E-state index contributed by atoms with van der Waals surface area (Å²) in [6.45, 7) is 1.51. The molecule has 2 fully saturated rings. The normalized spacial score (nSPS) is 18.4. The first-order valence-electron chi connectivity index (χ1n) is 9.10. The van der Waals surface area contributed by atoms with Gasteiger partial charge in [0.2, 0.25) is 0 Å². The van der Waals surface area contributed by atoms with Crippen molar-refractivity contribution in [3.63, 3.8) is 0 Å². The Morgan fingerprint density at radius 1 is 1.28 bits per heavy atom. The van der Waals surface area contributed by atoms with Crippen LogP contribution in [0.1, 0.15) is 53.5 Å². The molecule has 0 atom stereocenters. The van der Waals surface area contributed by atoms with Gasteiger partial charge in [-0.2, -0.15) is 0 Å². The molecule has 1 aliphatic heterocycles. The Bertz CT molecular complexity index is 743. The lowest BCUT2D eigenvalue weighted by atomic mass is 9.89. The van der Waals surface area contributed by atoms with Crippen molar-refractivity contribution in [1.29, 1.82) is 0 Å². The number of likely N-dealkylation sites (tertiary alicyclic amines) is 1. The SMILES string of the molecule is COc1cccc(C2CCN(C(=O)c3coc(CC4CC4)n3)CC2)c1. The molecule has 25 heavy (non-hydrogen) atoms. The van der Waals surface area contributed by atoms with Gasteiger partial charge < -0.3 is 14.1 Å². The minimum atomic E-state index is -0.00473. The number of carbonyl (C=O) groups is 1. The summed E-state index contributed by atoms with van der Waals surface area (Å²) in [6.07, 6.45) is 6.82. The number of methoxy groups -OCH3 is 1. The van der Waals surface area contributed by atoms with Gasteiger partial charge >= 0.3 is 0 Å². The van der Waals surface area contributed by atoms with E-state index in [9.17, 15) is 4.79 Å². The summed E-state index contributed by atoms with van der Waals surface area (Å²) in [4.78, 5) is 18.9. The molecule has 1 amide bonds. The second-order valence-corrected chi connectivity index (χ2v) is 7.12. The maximum Gasteiger partial charge on any atom is 0.275 e. The average molecular weight is 340 g/mol. The molecule has 0 unspecified atom stereocenters. The predicted octanol–water partition coefficient (Wildman–Crippen LogP) is 3.66. The number of rotatable bonds is 5. The van der Waals surface area contributed by atoms with E-state index in [2.05, 4.69) is 17.1 Å². The van der Waals surface area contributed by atoms with Gasteiger partial charge in [-0.1, -0.05) is 12.1 Å². The van der Waals surface area contributed by atoms with Crippen molar-refractivity contribution >= 4 is 5.91 Å². The summed E-state index contributed by atoms with van der Waals surface area (Å²) in [5, 5.41) is 0. The Morgan fingerprint density at radius 3 is 2.80 bits per heavy atom. The Balaban J connectivity index is 1.35. The van der Waals surface area contributed by atoms with Crippen LogP contribution in [-0.4, -0.2) is 36.0 Å². The van der Waals surface area contributed by atoms with E-state index in [1.807, 2.05) is 17.0 Å². The van der Waals surface area contributed by atoms with Gasteiger partial charge in [0.15, 0.2) is 11.6 Å². The lowest BCUT2D eigenvalue weighted by Gasteiger charge is -2.31. The third-order valence-electron chi connectivity index (χ3n) is 5.28. The maximum absolute atomic E-state index is 12.6. The van der Waals surface area contributed by atoms with E-state index in [1.54, 1.807) is 7.11 Å². The molecule has 0 spiro atoms. The van der Waals surface area contributed by atoms with Crippen LogP contribution in [0.3, 0.4) is 0 Å². The van der Waals surface area contributed by atoms with Gasteiger partial charge in [-0.05, 0) is 55.2 Å². The number of benzene rings is 1. The van der Waals surface area contributed by atoms with Crippen LogP contribution >= 0.6 is 0 Å². The first-order chi connectivity index (χ1) is 12.2. The minimum absolute atomic E-state index is 0.00473. The summed E-state index contributed by atoms with van der Waals surface area (Å²) in [7, 11) is 1.69. The van der Waals surface area contributed by atoms with E-state index in [4.69, 9.17) is 9.15 Å². The standard InChI is InChI=1S/C20H24N2O3/c1-24-17-4-2-3-16(12-17)15-7-9-22(10-8-15)20(23)18-13-25-19(21-18)11-14-5-6-14/h2-4,12-15H,5-11H2,1H3. The highest BCUT2D eigenvalue weighted by Crippen LogP contribution is 2.33. The van der Waals surface area contributed by atoms with Gasteiger partial charge in [-0.15, -0.1) is 0 Å². The van der Waals surface area contributed by atoms with E-state index in [1.165, 1.54) is 24.7 Å². The molecule has 0 radical (unpaired) electrons. The molecule has 1 saturated heterocycles. The maximum atomic E-state index is 12.6. The molecule has 1 aromatic heterocycles. The van der Waals surface area contributed by atoms with Gasteiger partial charge in [0.25, 0.3) is 5.91 Å². The molecule has 0 N–H and O–H groups in total. The lowest BCUT2D eigenvalue weighted by Crippen LogP contribution is -2.38. The quantitative estimate of drug-likeness (QED) is 0.833. The van der Waals surface area contributed by atoms with E-state index >= 15 is 0 Å². The highest BCUT2D eigenvalue weighted by atomic mass is 16.5. The van der Waals surface area contributed by atoms with Crippen molar-refractivity contribution in [3.8, 4) is 5.75 Å². The van der Waals surface area contributed by atoms with E-state index in [0.717, 1.165) is 38.1 Å². The zero-order chi connectivity index (χ0) is 17.2. The van der Waals surface area contributed by atoms with Gasteiger partial charge in [0, 0.05) is 19.5 Å². The summed E-state index contributed by atoms with van der Waals surface area (Å²) in [5.41, 5.74) is 1.75. The van der Waals surface area contributed by atoms with Crippen molar-refractivity contribution in [1.82, 2.24) is 9.88 Å². The third kappa shape index (κ3) is 3.70. The molecule has 1 aliphatic carbocycles. The second kappa shape index (κ2) is 6.90. The van der Waals surface area contributed by atoms with Crippen LogP contribution in [0, 0.1) is 5.92 Å².